The lowest BCUT2D eigenvalue weighted by Gasteiger charge is -2.25. The number of nitrogens with zero attached hydrogens (tertiary/aromatic N) is 2. The van der Waals surface area contributed by atoms with Crippen LogP contribution in [-0.4, -0.2) is 55.0 Å². The van der Waals surface area contributed by atoms with Gasteiger partial charge in [0.15, 0.2) is 0 Å². The van der Waals surface area contributed by atoms with E-state index in [2.05, 4.69) is 0 Å². The number of halogens is 3. The molecule has 0 bridgehead atoms. The Bertz CT molecular complexity index is 512. The smallest absolute Gasteiger partial charge is 0.399 e. The molecule has 0 radical (unpaired) electrons. The monoisotopic (exact) mass is 303 g/mol. The lowest BCUT2D eigenvalue weighted by Crippen LogP contribution is -2.44. The minimum Gasteiger partial charge on any atom is -0.399 e. The number of rotatable bonds is 4. The van der Waals surface area contributed by atoms with Crippen molar-refractivity contribution in [3.63, 3.8) is 0 Å². The average Bonchev–Trinajstić information content (AvgIpc) is 2.36. The van der Waals surface area contributed by atoms with Crippen LogP contribution >= 0.6 is 0 Å². The number of hydrogen-bond acceptors (Lipinski definition) is 3. The zero-order valence-corrected chi connectivity index (χ0v) is 11.6. The molecule has 0 saturated carbocycles. The van der Waals surface area contributed by atoms with E-state index in [0.717, 1.165) is 4.90 Å². The highest BCUT2D eigenvalue weighted by atomic mass is 19.4. The minimum absolute atomic E-state index is 0.0417. The van der Waals surface area contributed by atoms with Crippen molar-refractivity contribution in [2.24, 2.45) is 0 Å². The van der Waals surface area contributed by atoms with Crippen LogP contribution in [-0.2, 0) is 4.79 Å². The number of hydrogen-bond donors (Lipinski definition) is 1. The van der Waals surface area contributed by atoms with Crippen molar-refractivity contribution >= 4 is 17.5 Å². The fourth-order valence-electron chi connectivity index (χ4n) is 1.53. The van der Waals surface area contributed by atoms with Crippen LogP contribution in [0.4, 0.5) is 18.9 Å². The van der Waals surface area contributed by atoms with E-state index in [-0.39, 0.29) is 5.56 Å². The Kier molecular flexibility index (Phi) is 5.17. The van der Waals surface area contributed by atoms with Crippen LogP contribution < -0.4 is 5.73 Å². The molecule has 21 heavy (non-hydrogen) atoms. The van der Waals surface area contributed by atoms with Gasteiger partial charge in [-0.2, -0.15) is 13.2 Å². The van der Waals surface area contributed by atoms with Gasteiger partial charge in [-0.15, -0.1) is 0 Å². The van der Waals surface area contributed by atoms with E-state index < -0.39 is 31.1 Å². The van der Waals surface area contributed by atoms with E-state index >= 15 is 0 Å². The summed E-state index contributed by atoms with van der Waals surface area (Å²) in [7, 11) is 2.81. The normalized spacial score (nSPS) is 11.1. The van der Waals surface area contributed by atoms with Gasteiger partial charge in [0.1, 0.15) is 13.1 Å². The molecular formula is C13H16F3N3O2. The molecule has 0 aromatic heterocycles. The quantitative estimate of drug-likeness (QED) is 0.854. The van der Waals surface area contributed by atoms with Crippen molar-refractivity contribution in [1.82, 2.24) is 9.80 Å². The largest absolute Gasteiger partial charge is 0.406 e. The van der Waals surface area contributed by atoms with Gasteiger partial charge in [-0.1, -0.05) is 0 Å². The topological polar surface area (TPSA) is 66.6 Å². The van der Waals surface area contributed by atoms with Gasteiger partial charge in [0.25, 0.3) is 5.91 Å². The van der Waals surface area contributed by atoms with Crippen LogP contribution in [0.1, 0.15) is 10.4 Å². The maximum atomic E-state index is 12.6. The third-order valence-electron chi connectivity index (χ3n) is 2.64. The van der Waals surface area contributed by atoms with Gasteiger partial charge in [0.05, 0.1) is 0 Å². The van der Waals surface area contributed by atoms with E-state index in [9.17, 15) is 22.8 Å². The molecule has 0 atom stereocenters. The fourth-order valence-corrected chi connectivity index (χ4v) is 1.53. The first-order valence-electron chi connectivity index (χ1n) is 6.02. The highest BCUT2D eigenvalue weighted by Gasteiger charge is 2.34. The predicted octanol–water partition coefficient (Wildman–Crippen LogP) is 1.36. The molecule has 1 aromatic rings. The second-order valence-electron chi connectivity index (χ2n) is 4.69. The Morgan fingerprint density at radius 2 is 1.67 bits per heavy atom. The number of carbonyl (C=O) groups excluding carboxylic acids is 2. The SMILES string of the molecule is CN(C)C(=O)CN(CC(F)(F)F)C(=O)c1ccc(N)cc1. The zero-order chi connectivity index (χ0) is 16.2. The van der Waals surface area contributed by atoms with Crippen molar-refractivity contribution in [1.29, 1.82) is 0 Å². The van der Waals surface area contributed by atoms with Crippen LogP contribution in [0.15, 0.2) is 24.3 Å². The first-order valence-corrected chi connectivity index (χ1v) is 6.02. The second kappa shape index (κ2) is 6.47. The number of amides is 2. The van der Waals surface area contributed by atoms with Gasteiger partial charge in [-0.25, -0.2) is 0 Å². The summed E-state index contributed by atoms with van der Waals surface area (Å²) in [5.74, 6) is -1.47. The number of anilines is 1. The van der Waals surface area contributed by atoms with Gasteiger partial charge < -0.3 is 15.5 Å². The number of nitrogens with two attached hydrogens (primary N) is 1. The van der Waals surface area contributed by atoms with Crippen molar-refractivity contribution in [2.75, 3.05) is 32.9 Å². The standard InChI is InChI=1S/C13H16F3N3O2/c1-18(2)11(20)7-19(8-13(14,15)16)12(21)9-3-5-10(17)6-4-9/h3-6H,7-8,17H2,1-2H3. The highest BCUT2D eigenvalue weighted by Crippen LogP contribution is 2.18. The third kappa shape index (κ3) is 5.33. The van der Waals surface area contributed by atoms with E-state index in [1.54, 1.807) is 0 Å². The number of nitrogen functional groups attached to an aromatic ring is 1. The molecule has 1 rings (SSSR count). The summed E-state index contributed by atoms with van der Waals surface area (Å²) >= 11 is 0. The van der Waals surface area contributed by atoms with Crippen molar-refractivity contribution in [3.05, 3.63) is 29.8 Å². The van der Waals surface area contributed by atoms with E-state index in [4.69, 9.17) is 5.73 Å². The molecule has 0 fully saturated rings. The van der Waals surface area contributed by atoms with Crippen LogP contribution in [0.25, 0.3) is 0 Å². The second-order valence-corrected chi connectivity index (χ2v) is 4.69. The Hall–Kier alpha value is -2.25. The summed E-state index contributed by atoms with van der Waals surface area (Å²) in [5.41, 5.74) is 5.89. The minimum atomic E-state index is -4.59. The van der Waals surface area contributed by atoms with Crippen molar-refractivity contribution in [2.45, 2.75) is 6.18 Å². The summed E-state index contributed by atoms with van der Waals surface area (Å²) in [6.07, 6.45) is -4.59. The van der Waals surface area contributed by atoms with E-state index in [1.165, 1.54) is 38.4 Å². The molecule has 0 aliphatic heterocycles. The molecule has 116 valence electrons. The predicted molar refractivity (Wildman–Crippen MR) is 71.5 cm³/mol. The molecule has 0 unspecified atom stereocenters. The fraction of sp³-hybridized carbons (Fsp3) is 0.385. The maximum Gasteiger partial charge on any atom is 0.406 e. The summed E-state index contributed by atoms with van der Waals surface area (Å²) < 4.78 is 37.7. The third-order valence-corrected chi connectivity index (χ3v) is 2.64. The average molecular weight is 303 g/mol. The lowest BCUT2D eigenvalue weighted by atomic mass is 10.2. The molecule has 1 aromatic carbocycles. The number of carbonyl (C=O) groups is 2. The molecule has 8 heteroatoms. The summed E-state index contributed by atoms with van der Waals surface area (Å²) in [6.45, 7) is -2.13. The molecule has 2 amide bonds. The molecule has 0 heterocycles. The van der Waals surface area contributed by atoms with Crippen LogP contribution in [0.3, 0.4) is 0 Å². The molecule has 0 aliphatic carbocycles. The first kappa shape index (κ1) is 16.8. The highest BCUT2D eigenvalue weighted by molar-refractivity contribution is 5.96. The maximum absolute atomic E-state index is 12.6. The summed E-state index contributed by atoms with van der Waals surface area (Å²) in [5, 5.41) is 0. The van der Waals surface area contributed by atoms with Crippen LogP contribution in [0.2, 0.25) is 0 Å². The van der Waals surface area contributed by atoms with Crippen LogP contribution in [0, 0.1) is 0 Å². The summed E-state index contributed by atoms with van der Waals surface area (Å²) in [6, 6.07) is 5.46. The molecular weight excluding hydrogens is 287 g/mol. The Balaban J connectivity index is 2.96. The van der Waals surface area contributed by atoms with Gasteiger partial charge in [-0.3, -0.25) is 9.59 Å². The van der Waals surface area contributed by atoms with Gasteiger partial charge >= 0.3 is 6.18 Å². The van der Waals surface area contributed by atoms with Crippen molar-refractivity contribution < 1.29 is 22.8 Å². The molecule has 0 spiro atoms. The lowest BCUT2D eigenvalue weighted by molar-refractivity contribution is -0.146. The Morgan fingerprint density at radius 1 is 1.14 bits per heavy atom. The molecule has 5 nitrogen and oxygen atoms in total. The Morgan fingerprint density at radius 3 is 2.10 bits per heavy atom. The number of alkyl halides is 3. The first-order chi connectivity index (χ1) is 9.60. The van der Waals surface area contributed by atoms with E-state index in [0.29, 0.717) is 10.6 Å². The van der Waals surface area contributed by atoms with E-state index in [1.807, 2.05) is 0 Å². The summed E-state index contributed by atoms with van der Waals surface area (Å²) in [4.78, 5) is 25.3. The molecule has 2 N–H and O–H groups in total. The van der Waals surface area contributed by atoms with Crippen molar-refractivity contribution in [3.8, 4) is 0 Å². The zero-order valence-electron chi connectivity index (χ0n) is 11.6. The Labute approximate surface area is 120 Å². The van der Waals surface area contributed by atoms with Gasteiger partial charge in [0.2, 0.25) is 5.91 Å². The number of likely N-dealkylation sites (N-methyl/N-ethyl adjacent to an activating group) is 1. The van der Waals surface area contributed by atoms with Crippen LogP contribution in [0.5, 0.6) is 0 Å². The number of benzene rings is 1. The van der Waals surface area contributed by atoms with Gasteiger partial charge in [0, 0.05) is 25.3 Å². The molecule has 0 saturated heterocycles. The molecule has 0 aliphatic rings. The van der Waals surface area contributed by atoms with Gasteiger partial charge in [-0.05, 0) is 24.3 Å².